The van der Waals surface area contributed by atoms with Crippen molar-refractivity contribution in [3.05, 3.63) is 24.3 Å². The topological polar surface area (TPSA) is 53.9 Å². The zero-order valence-corrected chi connectivity index (χ0v) is 12.8. The van der Waals surface area contributed by atoms with E-state index in [1.807, 2.05) is 24.3 Å². The highest BCUT2D eigenvalue weighted by molar-refractivity contribution is 5.74. The summed E-state index contributed by atoms with van der Waals surface area (Å²) in [5.74, 6) is 1.41. The molecule has 0 amide bonds. The number of rotatable bonds is 4. The second-order valence-corrected chi connectivity index (χ2v) is 5.80. The zero-order chi connectivity index (χ0) is 14.7. The maximum atomic E-state index is 4.67. The average molecular weight is 285 g/mol. The highest BCUT2D eigenvalue weighted by atomic mass is 15.3. The number of anilines is 1. The first-order valence-electron chi connectivity index (χ1n) is 7.85. The largest absolute Gasteiger partial charge is 0.339 e. The zero-order valence-electron chi connectivity index (χ0n) is 12.8. The van der Waals surface area contributed by atoms with Gasteiger partial charge in [-0.25, -0.2) is 4.98 Å². The second kappa shape index (κ2) is 6.35. The molecule has 0 radical (unpaired) electrons. The number of nitrogens with one attached hydrogen (secondary N) is 1. The van der Waals surface area contributed by atoms with E-state index in [1.165, 1.54) is 12.8 Å². The molecule has 112 valence electrons. The first-order chi connectivity index (χ1) is 10.3. The predicted octanol–water partition coefficient (Wildman–Crippen LogP) is 2.24. The molecule has 3 rings (SSSR count). The van der Waals surface area contributed by atoms with E-state index in [0.717, 1.165) is 36.6 Å². The minimum absolute atomic E-state index is 0.534. The van der Waals surface area contributed by atoms with Gasteiger partial charge in [-0.05, 0) is 44.4 Å². The van der Waals surface area contributed by atoms with Crippen LogP contribution in [-0.4, -0.2) is 40.9 Å². The summed E-state index contributed by atoms with van der Waals surface area (Å²) in [6.07, 6.45) is 2.46. The second-order valence-electron chi connectivity index (χ2n) is 5.80. The lowest BCUT2D eigenvalue weighted by molar-refractivity contribution is 0.322. The first kappa shape index (κ1) is 14.2. The number of hydrogen-bond donors (Lipinski definition) is 1. The van der Waals surface area contributed by atoms with Crippen LogP contribution in [0.1, 0.15) is 26.7 Å². The van der Waals surface area contributed by atoms with Gasteiger partial charge in [0, 0.05) is 19.1 Å². The maximum Gasteiger partial charge on any atom is 0.245 e. The summed E-state index contributed by atoms with van der Waals surface area (Å²) < 4.78 is 0. The van der Waals surface area contributed by atoms with E-state index in [-0.39, 0.29) is 0 Å². The van der Waals surface area contributed by atoms with Gasteiger partial charge in [-0.15, -0.1) is 10.2 Å². The van der Waals surface area contributed by atoms with Crippen LogP contribution in [0.15, 0.2) is 24.3 Å². The molecule has 0 saturated carbocycles. The fraction of sp³-hybridized carbons (Fsp3) is 0.562. The summed E-state index contributed by atoms with van der Waals surface area (Å²) in [4.78, 5) is 6.95. The van der Waals surface area contributed by atoms with Crippen molar-refractivity contribution < 1.29 is 0 Å². The molecule has 1 saturated heterocycles. The first-order valence-corrected chi connectivity index (χ1v) is 7.85. The maximum absolute atomic E-state index is 4.67. The molecule has 2 heterocycles. The molecule has 5 heteroatoms. The third-order valence-electron chi connectivity index (χ3n) is 4.32. The molecule has 0 spiro atoms. The highest BCUT2D eigenvalue weighted by Crippen LogP contribution is 2.23. The van der Waals surface area contributed by atoms with Crippen molar-refractivity contribution in [1.82, 2.24) is 20.5 Å². The predicted molar refractivity (Wildman–Crippen MR) is 85.4 cm³/mol. The molecule has 0 bridgehead atoms. The van der Waals surface area contributed by atoms with Crippen molar-refractivity contribution in [3.63, 3.8) is 0 Å². The Bertz CT molecular complexity index is 600. The molecule has 5 nitrogen and oxygen atoms in total. The molecule has 2 atom stereocenters. The fourth-order valence-electron chi connectivity index (χ4n) is 3.09. The van der Waals surface area contributed by atoms with Crippen LogP contribution in [0.2, 0.25) is 0 Å². The van der Waals surface area contributed by atoms with Gasteiger partial charge in [0.25, 0.3) is 0 Å². The molecule has 1 fully saturated rings. The Kier molecular flexibility index (Phi) is 4.29. The summed E-state index contributed by atoms with van der Waals surface area (Å²) in [6.45, 7) is 7.49. The summed E-state index contributed by atoms with van der Waals surface area (Å²) in [7, 11) is 0. The van der Waals surface area contributed by atoms with Crippen LogP contribution in [0.25, 0.3) is 11.0 Å². The molecular weight excluding hydrogens is 262 g/mol. The highest BCUT2D eigenvalue weighted by Gasteiger charge is 2.25. The number of fused-ring (bicyclic) bond motifs is 1. The summed E-state index contributed by atoms with van der Waals surface area (Å²) in [6, 6.07) is 8.44. The van der Waals surface area contributed by atoms with Crippen LogP contribution in [0.3, 0.4) is 0 Å². The van der Waals surface area contributed by atoms with Crippen molar-refractivity contribution in [2.45, 2.75) is 32.7 Å². The van der Waals surface area contributed by atoms with Gasteiger partial charge >= 0.3 is 0 Å². The summed E-state index contributed by atoms with van der Waals surface area (Å²) in [5, 5.41) is 12.1. The quantitative estimate of drug-likeness (QED) is 0.933. The third kappa shape index (κ3) is 3.13. The van der Waals surface area contributed by atoms with Gasteiger partial charge in [0.2, 0.25) is 5.95 Å². The van der Waals surface area contributed by atoms with Crippen LogP contribution < -0.4 is 10.2 Å². The Morgan fingerprint density at radius 3 is 2.90 bits per heavy atom. The van der Waals surface area contributed by atoms with E-state index in [4.69, 9.17) is 0 Å². The lowest BCUT2D eigenvalue weighted by atomic mass is 9.92. The summed E-state index contributed by atoms with van der Waals surface area (Å²) in [5.41, 5.74) is 1.78. The molecule has 1 N–H and O–H groups in total. The van der Waals surface area contributed by atoms with Crippen LogP contribution in [0.5, 0.6) is 0 Å². The standard InChI is InChI=1S/C16H23N5/c1-3-17-12(2)13-7-6-10-21(11-13)16-18-14-8-4-5-9-15(14)19-20-16/h4-5,8-9,12-13,17H,3,6-7,10-11H2,1-2H3. The monoisotopic (exact) mass is 285 g/mol. The molecule has 1 aromatic carbocycles. The lowest BCUT2D eigenvalue weighted by Crippen LogP contribution is -2.45. The summed E-state index contributed by atoms with van der Waals surface area (Å²) >= 11 is 0. The Morgan fingerprint density at radius 1 is 1.29 bits per heavy atom. The molecule has 1 aliphatic heterocycles. The minimum Gasteiger partial charge on any atom is -0.339 e. The number of benzene rings is 1. The van der Waals surface area contributed by atoms with E-state index in [1.54, 1.807) is 0 Å². The van der Waals surface area contributed by atoms with Crippen molar-refractivity contribution in [3.8, 4) is 0 Å². The van der Waals surface area contributed by atoms with Gasteiger partial charge in [0.1, 0.15) is 5.52 Å². The van der Waals surface area contributed by atoms with Crippen LogP contribution in [-0.2, 0) is 0 Å². The molecule has 1 aromatic heterocycles. The number of para-hydroxylation sites is 1. The average Bonchev–Trinajstić information content (AvgIpc) is 2.55. The van der Waals surface area contributed by atoms with Crippen LogP contribution in [0, 0.1) is 5.92 Å². The normalized spacial score (nSPS) is 20.7. The molecule has 1 aliphatic rings. The molecule has 21 heavy (non-hydrogen) atoms. The Labute approximate surface area is 125 Å². The Balaban J connectivity index is 1.78. The third-order valence-corrected chi connectivity index (χ3v) is 4.32. The Hall–Kier alpha value is -1.75. The number of nitrogens with zero attached hydrogens (tertiary/aromatic N) is 4. The number of aromatic nitrogens is 3. The van der Waals surface area contributed by atoms with E-state index in [9.17, 15) is 0 Å². The molecular formula is C16H23N5. The van der Waals surface area contributed by atoms with E-state index < -0.39 is 0 Å². The van der Waals surface area contributed by atoms with E-state index in [2.05, 4.69) is 39.2 Å². The van der Waals surface area contributed by atoms with Crippen molar-refractivity contribution >= 4 is 17.0 Å². The van der Waals surface area contributed by atoms with Gasteiger partial charge in [0.05, 0.1) is 5.52 Å². The Morgan fingerprint density at radius 2 is 2.10 bits per heavy atom. The fourth-order valence-corrected chi connectivity index (χ4v) is 3.09. The number of piperidine rings is 1. The van der Waals surface area contributed by atoms with E-state index in [0.29, 0.717) is 12.0 Å². The SMILES string of the molecule is CCNC(C)C1CCCN(c2nnc3ccccc3n2)C1. The van der Waals surface area contributed by atoms with Gasteiger partial charge < -0.3 is 10.2 Å². The van der Waals surface area contributed by atoms with Crippen molar-refractivity contribution in [1.29, 1.82) is 0 Å². The van der Waals surface area contributed by atoms with Crippen molar-refractivity contribution in [2.75, 3.05) is 24.5 Å². The van der Waals surface area contributed by atoms with Gasteiger partial charge in [-0.3, -0.25) is 0 Å². The molecule has 0 aliphatic carbocycles. The number of hydrogen-bond acceptors (Lipinski definition) is 5. The van der Waals surface area contributed by atoms with Crippen LogP contribution in [0.4, 0.5) is 5.95 Å². The van der Waals surface area contributed by atoms with Gasteiger partial charge in [-0.2, -0.15) is 0 Å². The van der Waals surface area contributed by atoms with Crippen molar-refractivity contribution in [2.24, 2.45) is 5.92 Å². The smallest absolute Gasteiger partial charge is 0.245 e. The molecule has 2 aromatic rings. The van der Waals surface area contributed by atoms with E-state index >= 15 is 0 Å². The van der Waals surface area contributed by atoms with Gasteiger partial charge in [-0.1, -0.05) is 19.1 Å². The molecule has 2 unspecified atom stereocenters. The van der Waals surface area contributed by atoms with Crippen LogP contribution >= 0.6 is 0 Å². The minimum atomic E-state index is 0.534. The lowest BCUT2D eigenvalue weighted by Gasteiger charge is -2.35. The van der Waals surface area contributed by atoms with Gasteiger partial charge in [0.15, 0.2) is 0 Å².